The Bertz CT molecular complexity index is 621. The number of benzene rings is 1. The van der Waals surface area contributed by atoms with Gasteiger partial charge in [0, 0.05) is 12.5 Å². The quantitative estimate of drug-likeness (QED) is 0.350. The average molecular weight is 302 g/mol. The summed E-state index contributed by atoms with van der Waals surface area (Å²) in [6, 6.07) is 6.42. The summed E-state index contributed by atoms with van der Waals surface area (Å²) in [7, 11) is 0. The van der Waals surface area contributed by atoms with Crippen molar-refractivity contribution in [2.45, 2.75) is 26.9 Å². The van der Waals surface area contributed by atoms with E-state index in [2.05, 4.69) is 12.3 Å². The summed E-state index contributed by atoms with van der Waals surface area (Å²) < 4.78 is 10.1. The fraction of sp³-hybridized carbons (Fsp3) is 0.294. The lowest BCUT2D eigenvalue weighted by molar-refractivity contribution is -0.147. The molecule has 116 valence electrons. The second-order valence-corrected chi connectivity index (χ2v) is 4.48. The molecule has 22 heavy (non-hydrogen) atoms. The van der Waals surface area contributed by atoms with Gasteiger partial charge >= 0.3 is 11.9 Å². The highest BCUT2D eigenvalue weighted by molar-refractivity contribution is 5.94. The largest absolute Gasteiger partial charge is 0.462 e. The normalized spacial score (nSPS) is 11.0. The van der Waals surface area contributed by atoms with Crippen LogP contribution in [0.3, 0.4) is 0 Å². The highest BCUT2D eigenvalue weighted by Gasteiger charge is 2.26. The molecule has 1 aromatic carbocycles. The number of carbonyl (C=O) groups excluding carboxylic acids is 3. The van der Waals surface area contributed by atoms with Crippen LogP contribution in [0.1, 0.15) is 42.8 Å². The fourth-order valence-electron chi connectivity index (χ4n) is 1.83. The first-order chi connectivity index (χ1) is 10.4. The van der Waals surface area contributed by atoms with E-state index in [4.69, 9.17) is 9.47 Å². The number of rotatable bonds is 6. The molecule has 0 amide bonds. The van der Waals surface area contributed by atoms with Crippen LogP contribution < -0.4 is 0 Å². The van der Waals surface area contributed by atoms with Crippen LogP contribution >= 0.6 is 0 Å². The van der Waals surface area contributed by atoms with E-state index in [-0.39, 0.29) is 18.0 Å². The summed E-state index contributed by atoms with van der Waals surface area (Å²) in [5, 5.41) is 0. The third kappa shape index (κ3) is 4.43. The van der Waals surface area contributed by atoms with E-state index in [0.29, 0.717) is 11.1 Å². The van der Waals surface area contributed by atoms with Crippen molar-refractivity contribution >= 4 is 17.7 Å². The lowest BCUT2D eigenvalue weighted by Crippen LogP contribution is -2.18. The van der Waals surface area contributed by atoms with Crippen LogP contribution in [0.25, 0.3) is 0 Å². The molecule has 0 aliphatic rings. The number of hydrogen-bond donors (Lipinski definition) is 0. The van der Waals surface area contributed by atoms with Crippen molar-refractivity contribution in [2.75, 3.05) is 6.61 Å². The van der Waals surface area contributed by atoms with Gasteiger partial charge in [-0.25, -0.2) is 4.79 Å². The van der Waals surface area contributed by atoms with Crippen LogP contribution in [0.5, 0.6) is 0 Å². The molecule has 0 bridgehead atoms. The molecular formula is C17H18O5. The number of Topliss-reactive ketones (excluding diaryl/α,β-unsaturated/α-hetero) is 1. The molecule has 1 aromatic rings. The molecule has 0 fully saturated rings. The maximum Gasteiger partial charge on any atom is 0.346 e. The van der Waals surface area contributed by atoms with E-state index in [1.54, 1.807) is 31.2 Å². The molecule has 1 unspecified atom stereocenters. The molecule has 0 spiro atoms. The summed E-state index contributed by atoms with van der Waals surface area (Å²) >= 11 is 0. The zero-order chi connectivity index (χ0) is 16.7. The maximum atomic E-state index is 11.9. The van der Waals surface area contributed by atoms with E-state index in [1.807, 2.05) is 0 Å². The van der Waals surface area contributed by atoms with E-state index in [0.717, 1.165) is 0 Å². The summed E-state index contributed by atoms with van der Waals surface area (Å²) in [4.78, 5) is 34.6. The predicted molar refractivity (Wildman–Crippen MR) is 80.2 cm³/mol. The summed E-state index contributed by atoms with van der Waals surface area (Å²) in [5.41, 5.74) is 3.53. The van der Waals surface area contributed by atoms with Crippen LogP contribution in [0, 0.1) is 0 Å². The van der Waals surface area contributed by atoms with Crippen molar-refractivity contribution in [3.05, 3.63) is 53.3 Å². The molecular weight excluding hydrogens is 284 g/mol. The minimum Gasteiger partial charge on any atom is -0.462 e. The number of esters is 2. The van der Waals surface area contributed by atoms with Gasteiger partial charge < -0.3 is 9.47 Å². The van der Waals surface area contributed by atoms with Gasteiger partial charge in [0.2, 0.25) is 0 Å². The van der Waals surface area contributed by atoms with Gasteiger partial charge in [-0.15, -0.1) is 5.73 Å². The third-order valence-corrected chi connectivity index (χ3v) is 2.85. The summed E-state index contributed by atoms with van der Waals surface area (Å²) in [5.74, 6) is -1.29. The van der Waals surface area contributed by atoms with Crippen molar-refractivity contribution in [3.8, 4) is 0 Å². The molecule has 0 saturated carbocycles. The molecule has 1 rings (SSSR count). The van der Waals surface area contributed by atoms with E-state index in [9.17, 15) is 14.4 Å². The second kappa shape index (κ2) is 7.96. The van der Waals surface area contributed by atoms with Gasteiger partial charge in [-0.05, 0) is 19.4 Å². The average Bonchev–Trinajstić information content (AvgIpc) is 2.47. The van der Waals surface area contributed by atoms with Crippen LogP contribution in [-0.4, -0.2) is 24.3 Å². The Kier molecular flexibility index (Phi) is 6.29. The standard InChI is InChI=1S/C17H18O5/c1-5-15(17(20)21-6-2)16(22-12(4)19)14-9-7-13(8-10-14)11(3)18/h7-10,16H,1,6H2,2-4H3. The highest BCUT2D eigenvalue weighted by Crippen LogP contribution is 2.27. The Hall–Kier alpha value is -2.65. The monoisotopic (exact) mass is 302 g/mol. The zero-order valence-electron chi connectivity index (χ0n) is 12.8. The van der Waals surface area contributed by atoms with Crippen molar-refractivity contribution in [2.24, 2.45) is 0 Å². The number of hydrogen-bond acceptors (Lipinski definition) is 5. The molecule has 0 radical (unpaired) electrons. The van der Waals surface area contributed by atoms with Gasteiger partial charge in [-0.2, -0.15) is 0 Å². The van der Waals surface area contributed by atoms with Crippen molar-refractivity contribution in [3.63, 3.8) is 0 Å². The van der Waals surface area contributed by atoms with Crippen molar-refractivity contribution in [1.82, 2.24) is 0 Å². The van der Waals surface area contributed by atoms with Gasteiger partial charge in [0.15, 0.2) is 11.9 Å². The Morgan fingerprint density at radius 1 is 1.18 bits per heavy atom. The van der Waals surface area contributed by atoms with Gasteiger partial charge in [-0.3, -0.25) is 9.59 Å². The van der Waals surface area contributed by atoms with Crippen LogP contribution in [0.2, 0.25) is 0 Å². The first kappa shape index (κ1) is 17.4. The van der Waals surface area contributed by atoms with Gasteiger partial charge in [0.05, 0.1) is 6.61 Å². The lowest BCUT2D eigenvalue weighted by atomic mass is 10.00. The highest BCUT2D eigenvalue weighted by atomic mass is 16.6. The zero-order valence-corrected chi connectivity index (χ0v) is 12.8. The first-order valence-electron chi connectivity index (χ1n) is 6.75. The summed E-state index contributed by atoms with van der Waals surface area (Å²) in [6.45, 7) is 7.99. The number of ether oxygens (including phenoxy) is 2. The summed E-state index contributed by atoms with van der Waals surface area (Å²) in [6.07, 6.45) is -0.977. The van der Waals surface area contributed by atoms with Crippen LogP contribution in [0.4, 0.5) is 0 Å². The number of ketones is 1. The molecule has 0 saturated heterocycles. The molecule has 0 aliphatic heterocycles. The van der Waals surface area contributed by atoms with Gasteiger partial charge in [0.1, 0.15) is 5.57 Å². The van der Waals surface area contributed by atoms with Crippen LogP contribution in [-0.2, 0) is 19.1 Å². The van der Waals surface area contributed by atoms with E-state index in [1.165, 1.54) is 13.8 Å². The lowest BCUT2D eigenvalue weighted by Gasteiger charge is -2.18. The van der Waals surface area contributed by atoms with Gasteiger partial charge in [0.25, 0.3) is 0 Å². The Balaban J connectivity index is 3.22. The van der Waals surface area contributed by atoms with Crippen molar-refractivity contribution in [1.29, 1.82) is 0 Å². The van der Waals surface area contributed by atoms with Crippen molar-refractivity contribution < 1.29 is 23.9 Å². The molecule has 0 aliphatic carbocycles. The van der Waals surface area contributed by atoms with Crippen LogP contribution in [0.15, 0.2) is 42.1 Å². The molecule has 0 N–H and O–H groups in total. The first-order valence-corrected chi connectivity index (χ1v) is 6.75. The Morgan fingerprint density at radius 3 is 2.18 bits per heavy atom. The minimum atomic E-state index is -0.977. The SMILES string of the molecule is C=C=C(C(=O)OCC)C(OC(C)=O)c1ccc(C(C)=O)cc1. The Labute approximate surface area is 129 Å². The minimum absolute atomic E-state index is 0.00706. The molecule has 5 nitrogen and oxygen atoms in total. The number of carbonyl (C=O) groups is 3. The smallest absolute Gasteiger partial charge is 0.346 e. The fourth-order valence-corrected chi connectivity index (χ4v) is 1.83. The topological polar surface area (TPSA) is 69.7 Å². The Morgan fingerprint density at radius 2 is 1.77 bits per heavy atom. The third-order valence-electron chi connectivity index (χ3n) is 2.85. The molecule has 1 atom stereocenters. The van der Waals surface area contributed by atoms with E-state index < -0.39 is 18.0 Å². The molecule has 0 aromatic heterocycles. The molecule has 5 heteroatoms. The second-order valence-electron chi connectivity index (χ2n) is 4.48. The van der Waals surface area contributed by atoms with Gasteiger partial charge in [-0.1, -0.05) is 30.8 Å². The maximum absolute atomic E-state index is 11.9. The molecule has 0 heterocycles. The predicted octanol–water partition coefficient (Wildman–Crippen LogP) is 2.77. The van der Waals surface area contributed by atoms with E-state index >= 15 is 0 Å².